The highest BCUT2D eigenvalue weighted by Crippen LogP contribution is 2.36. The number of ether oxygens (including phenoxy) is 1. The maximum Gasteiger partial charge on any atom is 0.318 e. The molecule has 2 saturated heterocycles. The average Bonchev–Trinajstić information content (AvgIpc) is 3.02. The van der Waals surface area contributed by atoms with Crippen LogP contribution in [0.25, 0.3) is 10.8 Å². The van der Waals surface area contributed by atoms with Crippen LogP contribution in [0.15, 0.2) is 49.1 Å². The van der Waals surface area contributed by atoms with E-state index in [9.17, 15) is 18.3 Å². The van der Waals surface area contributed by atoms with E-state index in [1.165, 1.54) is 6.08 Å². The summed E-state index contributed by atoms with van der Waals surface area (Å²) in [7, 11) is -2.90. The first-order valence-electron chi connectivity index (χ1n) is 14.9. The van der Waals surface area contributed by atoms with Gasteiger partial charge in [-0.1, -0.05) is 30.8 Å². The highest BCUT2D eigenvalue weighted by Gasteiger charge is 2.29. The van der Waals surface area contributed by atoms with E-state index in [0.717, 1.165) is 59.5 Å². The van der Waals surface area contributed by atoms with Gasteiger partial charge in [0, 0.05) is 75.1 Å². The topological polar surface area (TPSA) is 119 Å². The number of phenols is 1. The zero-order valence-electron chi connectivity index (χ0n) is 24.3. The summed E-state index contributed by atoms with van der Waals surface area (Å²) in [5.41, 5.74) is 2.94. The molecule has 0 radical (unpaired) electrons. The quantitative estimate of drug-likeness (QED) is 0.302. The summed E-state index contributed by atoms with van der Waals surface area (Å²) < 4.78 is 29.6. The second-order valence-corrected chi connectivity index (χ2v) is 13.6. The van der Waals surface area contributed by atoms with Crippen LogP contribution in [0.2, 0.25) is 0 Å². The van der Waals surface area contributed by atoms with Crippen LogP contribution in [-0.2, 0) is 27.6 Å². The number of anilines is 2. The van der Waals surface area contributed by atoms with Crippen molar-refractivity contribution in [2.75, 3.05) is 80.3 Å². The highest BCUT2D eigenvalue weighted by atomic mass is 32.2. The Morgan fingerprint density at radius 2 is 1.77 bits per heavy atom. The molecule has 1 amide bonds. The van der Waals surface area contributed by atoms with Crippen LogP contribution in [0.3, 0.4) is 0 Å². The Morgan fingerprint density at radius 3 is 2.53 bits per heavy atom. The van der Waals surface area contributed by atoms with Gasteiger partial charge in [0.1, 0.15) is 11.6 Å². The normalized spacial score (nSPS) is 18.8. The van der Waals surface area contributed by atoms with Gasteiger partial charge in [-0.25, -0.2) is 8.42 Å². The maximum atomic E-state index is 12.2. The number of sulfone groups is 1. The van der Waals surface area contributed by atoms with Gasteiger partial charge in [0.25, 0.3) is 0 Å². The summed E-state index contributed by atoms with van der Waals surface area (Å²) in [6, 6.07) is 12.0. The van der Waals surface area contributed by atoms with Crippen molar-refractivity contribution in [3.8, 4) is 11.8 Å². The molecule has 2 fully saturated rings. The third-order valence-corrected chi connectivity index (χ3v) is 10.1. The number of benzene rings is 2. The van der Waals surface area contributed by atoms with Crippen molar-refractivity contribution >= 4 is 38.0 Å². The van der Waals surface area contributed by atoms with Gasteiger partial charge in [-0.3, -0.25) is 4.79 Å². The van der Waals surface area contributed by atoms with Gasteiger partial charge in [-0.05, 0) is 30.4 Å². The molecule has 1 aromatic heterocycles. The number of amides is 1. The molecule has 0 atom stereocenters. The zero-order valence-corrected chi connectivity index (χ0v) is 25.1. The minimum absolute atomic E-state index is 0.0614. The molecule has 0 spiro atoms. The number of aromatic hydroxyl groups is 1. The summed E-state index contributed by atoms with van der Waals surface area (Å²) in [5, 5.41) is 12.5. The van der Waals surface area contributed by atoms with Crippen LogP contribution in [0.5, 0.6) is 11.8 Å². The molecule has 228 valence electrons. The molecule has 6 rings (SSSR count). The monoisotopic (exact) mass is 606 g/mol. The van der Waals surface area contributed by atoms with Gasteiger partial charge >= 0.3 is 6.01 Å². The van der Waals surface area contributed by atoms with Gasteiger partial charge in [0.2, 0.25) is 5.91 Å². The first kappa shape index (κ1) is 29.2. The molecule has 11 nitrogen and oxygen atoms in total. The van der Waals surface area contributed by atoms with E-state index in [1.54, 1.807) is 11.0 Å². The van der Waals surface area contributed by atoms with E-state index in [4.69, 9.17) is 14.7 Å². The van der Waals surface area contributed by atoms with Gasteiger partial charge < -0.3 is 29.4 Å². The van der Waals surface area contributed by atoms with E-state index in [-0.39, 0.29) is 23.2 Å². The molecule has 0 aliphatic carbocycles. The lowest BCUT2D eigenvalue weighted by Gasteiger charge is -2.38. The number of nitrogens with zero attached hydrogens (tertiary/aromatic N) is 6. The minimum atomic E-state index is -2.90. The van der Waals surface area contributed by atoms with Crippen molar-refractivity contribution in [3.05, 3.63) is 60.3 Å². The number of phenolic OH excluding ortho intramolecular Hbond substituents is 1. The van der Waals surface area contributed by atoms with Crippen LogP contribution < -0.4 is 14.5 Å². The Morgan fingerprint density at radius 1 is 1.00 bits per heavy atom. The van der Waals surface area contributed by atoms with Gasteiger partial charge in [0.15, 0.2) is 9.84 Å². The van der Waals surface area contributed by atoms with Crippen LogP contribution in [0.4, 0.5) is 11.5 Å². The number of hydrogen-bond donors (Lipinski definition) is 1. The van der Waals surface area contributed by atoms with E-state index >= 15 is 0 Å². The summed E-state index contributed by atoms with van der Waals surface area (Å²) in [6.07, 6.45) is 2.83. The summed E-state index contributed by atoms with van der Waals surface area (Å²) in [5.74, 6) is 1.44. The lowest BCUT2D eigenvalue weighted by molar-refractivity contribution is -0.126. The minimum Gasteiger partial charge on any atom is -0.508 e. The molecule has 3 aliphatic rings. The Balaban J connectivity index is 1.22. The highest BCUT2D eigenvalue weighted by molar-refractivity contribution is 7.91. The Bertz CT molecular complexity index is 1610. The summed E-state index contributed by atoms with van der Waals surface area (Å²) >= 11 is 0. The molecule has 4 heterocycles. The number of piperazine rings is 1. The second kappa shape index (κ2) is 12.4. The molecule has 3 aliphatic heterocycles. The number of carbonyl (C=O) groups is 1. The van der Waals surface area contributed by atoms with Crippen molar-refractivity contribution in [3.63, 3.8) is 0 Å². The third-order valence-electron chi connectivity index (χ3n) is 8.54. The molecule has 12 heteroatoms. The fourth-order valence-corrected chi connectivity index (χ4v) is 7.43. The van der Waals surface area contributed by atoms with Gasteiger partial charge in [0.05, 0.1) is 30.4 Å². The molecule has 0 saturated carbocycles. The largest absolute Gasteiger partial charge is 0.508 e. The average molecular weight is 607 g/mol. The maximum absolute atomic E-state index is 12.2. The Kier molecular flexibility index (Phi) is 8.40. The molecular weight excluding hydrogens is 568 g/mol. The first-order chi connectivity index (χ1) is 20.8. The summed E-state index contributed by atoms with van der Waals surface area (Å²) in [6.45, 7) is 9.69. The molecular formula is C31H38N6O5S. The van der Waals surface area contributed by atoms with Crippen LogP contribution in [-0.4, -0.2) is 110 Å². The number of hydrogen-bond acceptors (Lipinski definition) is 10. The Hall–Kier alpha value is -3.90. The lowest BCUT2D eigenvalue weighted by Crippen LogP contribution is -2.49. The van der Waals surface area contributed by atoms with E-state index in [1.807, 2.05) is 24.3 Å². The van der Waals surface area contributed by atoms with Crippen molar-refractivity contribution in [1.82, 2.24) is 19.8 Å². The predicted octanol–water partition coefficient (Wildman–Crippen LogP) is 2.23. The van der Waals surface area contributed by atoms with E-state index in [2.05, 4.69) is 27.3 Å². The van der Waals surface area contributed by atoms with Gasteiger partial charge in [-0.2, -0.15) is 9.97 Å². The molecule has 0 unspecified atom stereocenters. The van der Waals surface area contributed by atoms with Crippen molar-refractivity contribution in [1.29, 1.82) is 0 Å². The zero-order chi connectivity index (χ0) is 30.0. The van der Waals surface area contributed by atoms with Crippen LogP contribution in [0.1, 0.15) is 17.7 Å². The third kappa shape index (κ3) is 6.54. The standard InChI is InChI=1S/C31H38N6O5S/c1-2-29(39)35-11-13-36(14-12-35)30-26-8-10-37(28-21-24(38)20-23-6-3-4-7-25(23)28)22-27(26)32-31(33-30)42-17-5-9-34-15-18-43(40,41)19-16-34/h2-4,6-7,20-21,38H,1,5,8-19,22H2. The number of aromatic nitrogens is 2. The molecule has 43 heavy (non-hydrogen) atoms. The van der Waals surface area contributed by atoms with Crippen molar-refractivity contribution < 1.29 is 23.1 Å². The summed E-state index contributed by atoms with van der Waals surface area (Å²) in [4.78, 5) is 30.3. The fraction of sp³-hybridized carbons (Fsp3) is 0.452. The molecule has 1 N–H and O–H groups in total. The predicted molar refractivity (Wildman–Crippen MR) is 167 cm³/mol. The van der Waals surface area contributed by atoms with Crippen molar-refractivity contribution in [2.45, 2.75) is 19.4 Å². The number of carbonyl (C=O) groups excluding carboxylic acids is 1. The lowest BCUT2D eigenvalue weighted by atomic mass is 10.0. The van der Waals surface area contributed by atoms with E-state index < -0.39 is 9.84 Å². The molecule has 0 bridgehead atoms. The smallest absolute Gasteiger partial charge is 0.318 e. The molecule has 3 aromatic rings. The SMILES string of the molecule is C=CC(=O)N1CCN(c2nc(OCCCN3CCS(=O)(=O)CC3)nc3c2CCN(c2cc(O)cc4ccccc24)C3)CC1. The van der Waals surface area contributed by atoms with Crippen molar-refractivity contribution in [2.24, 2.45) is 0 Å². The fourth-order valence-electron chi connectivity index (χ4n) is 6.15. The number of rotatable bonds is 8. The number of fused-ring (bicyclic) bond motifs is 2. The second-order valence-electron chi connectivity index (χ2n) is 11.3. The Labute approximate surface area is 252 Å². The van der Waals surface area contributed by atoms with E-state index in [0.29, 0.717) is 58.4 Å². The van der Waals surface area contributed by atoms with Gasteiger partial charge in [-0.15, -0.1) is 0 Å². The van der Waals surface area contributed by atoms with Crippen LogP contribution >= 0.6 is 0 Å². The first-order valence-corrected chi connectivity index (χ1v) is 16.7. The van der Waals surface area contributed by atoms with Crippen LogP contribution in [0, 0.1) is 0 Å². The molecule has 2 aromatic carbocycles.